The fourth-order valence-electron chi connectivity index (χ4n) is 3.59. The van der Waals surface area contributed by atoms with Gasteiger partial charge in [0.05, 0.1) is 18.6 Å². The average Bonchev–Trinajstić information content (AvgIpc) is 3.54. The molecule has 36 heavy (non-hydrogen) atoms. The van der Waals surface area contributed by atoms with Crippen LogP contribution in [-0.4, -0.2) is 37.8 Å². The number of allylic oxidation sites excluding steroid dienone is 4. The average molecular weight is 491 g/mol. The molecule has 0 radical (unpaired) electrons. The van der Waals surface area contributed by atoms with E-state index < -0.39 is 23.7 Å². The molecule has 4 rings (SSSR count). The number of nitrogens with one attached hydrogen (secondary N) is 2. The number of carbonyl (C=O) groups excluding carboxylic acids is 1. The summed E-state index contributed by atoms with van der Waals surface area (Å²) in [6, 6.07) is 4.31. The predicted molar refractivity (Wildman–Crippen MR) is 128 cm³/mol. The smallest absolute Gasteiger partial charge is 0.332 e. The van der Waals surface area contributed by atoms with Gasteiger partial charge in [0.2, 0.25) is 0 Å². The molecule has 1 aliphatic carbocycles. The molecule has 0 fully saturated rings. The highest BCUT2D eigenvalue weighted by Gasteiger charge is 2.37. The summed E-state index contributed by atoms with van der Waals surface area (Å²) in [5.41, 5.74) is 1.62. The molecule has 1 unspecified atom stereocenters. The number of benzene rings is 1. The molecule has 182 valence electrons. The molecule has 7 nitrogen and oxygen atoms in total. The van der Waals surface area contributed by atoms with E-state index in [4.69, 9.17) is 5.41 Å². The summed E-state index contributed by atoms with van der Waals surface area (Å²) in [6.07, 6.45) is 8.59. The van der Waals surface area contributed by atoms with Gasteiger partial charge in [-0.15, -0.1) is 0 Å². The third-order valence-corrected chi connectivity index (χ3v) is 5.45. The molecule has 0 aliphatic heterocycles. The molecule has 3 aromatic rings. The second kappa shape index (κ2) is 10.3. The molecule has 1 atom stereocenters. The van der Waals surface area contributed by atoms with Gasteiger partial charge < -0.3 is 14.9 Å². The second-order valence-electron chi connectivity index (χ2n) is 8.04. The Morgan fingerprint density at radius 2 is 2.17 bits per heavy atom. The number of rotatable bonds is 5. The summed E-state index contributed by atoms with van der Waals surface area (Å²) >= 11 is 0. The molecule has 1 aliphatic rings. The van der Waals surface area contributed by atoms with Crippen LogP contribution in [0.25, 0.3) is 6.08 Å². The predicted octanol–water partition coefficient (Wildman–Crippen LogP) is 2.90. The van der Waals surface area contributed by atoms with Gasteiger partial charge in [-0.05, 0) is 48.8 Å². The molecule has 1 aromatic carbocycles. The van der Waals surface area contributed by atoms with Gasteiger partial charge in [-0.2, -0.15) is 13.2 Å². The zero-order valence-corrected chi connectivity index (χ0v) is 19.2. The van der Waals surface area contributed by atoms with Gasteiger partial charge in [-0.1, -0.05) is 12.0 Å². The lowest BCUT2D eigenvalue weighted by Gasteiger charge is -2.24. The van der Waals surface area contributed by atoms with Crippen LogP contribution in [0.1, 0.15) is 45.5 Å². The number of imidazole rings is 2. The van der Waals surface area contributed by atoms with Gasteiger partial charge in [0, 0.05) is 47.3 Å². The summed E-state index contributed by atoms with van der Waals surface area (Å²) < 4.78 is 42.1. The topological polar surface area (TPSA) is 101 Å². The van der Waals surface area contributed by atoms with Gasteiger partial charge in [0.25, 0.3) is 5.91 Å². The van der Waals surface area contributed by atoms with Crippen LogP contribution < -0.4 is 10.7 Å². The van der Waals surface area contributed by atoms with Crippen LogP contribution >= 0.6 is 0 Å². The van der Waals surface area contributed by atoms with Crippen molar-refractivity contribution in [3.63, 3.8) is 0 Å². The summed E-state index contributed by atoms with van der Waals surface area (Å²) in [4.78, 5) is 24.0. The highest BCUT2D eigenvalue weighted by molar-refractivity contribution is 5.96. The Labute approximate surface area is 205 Å². The number of hydrogen-bond donors (Lipinski definition) is 3. The molecule has 10 heteroatoms. The summed E-state index contributed by atoms with van der Waals surface area (Å²) in [7, 11) is 0. The lowest BCUT2D eigenvalue weighted by Crippen LogP contribution is -2.28. The van der Waals surface area contributed by atoms with Crippen LogP contribution in [0.2, 0.25) is 0 Å². The van der Waals surface area contributed by atoms with E-state index >= 15 is 0 Å². The first kappa shape index (κ1) is 24.5. The number of hydrogen-bond acceptors (Lipinski definition) is 3. The van der Waals surface area contributed by atoms with Crippen molar-refractivity contribution < 1.29 is 23.4 Å². The van der Waals surface area contributed by atoms with E-state index in [-0.39, 0.29) is 17.7 Å². The van der Waals surface area contributed by atoms with E-state index in [0.717, 1.165) is 11.6 Å². The minimum absolute atomic E-state index is 0.0678. The minimum Gasteiger partial charge on any atom is -0.332 e. The molecule has 0 saturated carbocycles. The molecule has 2 aromatic heterocycles. The van der Waals surface area contributed by atoms with Crippen LogP contribution in [0.5, 0.6) is 0 Å². The van der Waals surface area contributed by atoms with Crippen LogP contribution in [0, 0.1) is 18.8 Å². The lowest BCUT2D eigenvalue weighted by molar-refractivity contribution is -0.104. The molecular weight excluding hydrogens is 469 g/mol. The fourth-order valence-corrected chi connectivity index (χ4v) is 3.59. The van der Waals surface area contributed by atoms with E-state index in [0.29, 0.717) is 17.1 Å². The van der Waals surface area contributed by atoms with Gasteiger partial charge in [-0.3, -0.25) is 10.2 Å². The zero-order chi connectivity index (χ0) is 25.7. The SMILES string of the molecule is Cc1ccc(C(=O)NC2=CC(n3ccnc3)CC(C(F)(F)F)=C2)cc1C#Cc1cnc(/C=C\C=[NH2+])[nH]1. The first-order valence-electron chi connectivity index (χ1n) is 10.9. The van der Waals surface area contributed by atoms with Crippen molar-refractivity contribution in [3.05, 3.63) is 101 Å². The number of alkyl halides is 3. The van der Waals surface area contributed by atoms with Crippen LogP contribution in [0.3, 0.4) is 0 Å². The number of halogens is 3. The Morgan fingerprint density at radius 1 is 1.33 bits per heavy atom. The van der Waals surface area contributed by atoms with Gasteiger partial charge in [0.1, 0.15) is 11.5 Å². The van der Waals surface area contributed by atoms with Crippen molar-refractivity contribution in [3.8, 4) is 11.8 Å². The zero-order valence-electron chi connectivity index (χ0n) is 19.2. The molecule has 0 saturated heterocycles. The van der Waals surface area contributed by atoms with Crippen molar-refractivity contribution in [2.45, 2.75) is 25.6 Å². The number of aryl methyl sites for hydroxylation is 1. The Morgan fingerprint density at radius 3 is 2.89 bits per heavy atom. The Kier molecular flexibility index (Phi) is 7.01. The third-order valence-electron chi connectivity index (χ3n) is 5.45. The molecular formula is C26H22F3N6O+. The molecule has 0 spiro atoms. The standard InChI is InChI=1S/C26H21F3N6O/c1-17-4-5-19(11-18(17)6-7-21-15-32-24(33-21)3-2-8-30)25(36)34-22-12-20(26(27,28)29)13-23(14-22)35-10-9-31-16-35/h2-5,8-12,14-16,23,30H,13H2,1H3,(H,32,33)(H,34,36)/p+1/b3-2-,30-8?. The summed E-state index contributed by atoms with van der Waals surface area (Å²) in [5.74, 6) is 6.02. The number of H-pyrrole nitrogens is 1. The second-order valence-corrected chi connectivity index (χ2v) is 8.04. The summed E-state index contributed by atoms with van der Waals surface area (Å²) in [5, 5.41) is 7.91. The first-order chi connectivity index (χ1) is 17.2. The van der Waals surface area contributed by atoms with E-state index in [1.807, 2.05) is 6.92 Å². The maximum Gasteiger partial charge on any atom is 0.412 e. The highest BCUT2D eigenvalue weighted by atomic mass is 19.4. The third kappa shape index (κ3) is 5.88. The number of nitrogens with zero attached hydrogens (tertiary/aromatic N) is 3. The van der Waals surface area contributed by atoms with E-state index in [9.17, 15) is 18.0 Å². The van der Waals surface area contributed by atoms with Crippen LogP contribution in [0.15, 0.2) is 72.6 Å². The maximum atomic E-state index is 13.5. The molecule has 2 heterocycles. The van der Waals surface area contributed by atoms with Crippen molar-refractivity contribution in [2.24, 2.45) is 0 Å². The van der Waals surface area contributed by atoms with Gasteiger partial charge in [-0.25, -0.2) is 9.97 Å². The monoisotopic (exact) mass is 491 g/mol. The van der Waals surface area contributed by atoms with Gasteiger partial charge in [0.15, 0.2) is 6.21 Å². The normalized spacial score (nSPS) is 15.6. The van der Waals surface area contributed by atoms with E-state index in [2.05, 4.69) is 32.1 Å². The largest absolute Gasteiger partial charge is 0.412 e. The van der Waals surface area contributed by atoms with Crippen molar-refractivity contribution >= 4 is 18.2 Å². The Hall–Kier alpha value is -4.65. The first-order valence-corrected chi connectivity index (χ1v) is 10.9. The minimum atomic E-state index is -4.51. The quantitative estimate of drug-likeness (QED) is 0.378. The van der Waals surface area contributed by atoms with Gasteiger partial charge >= 0.3 is 6.18 Å². The highest BCUT2D eigenvalue weighted by Crippen LogP contribution is 2.36. The maximum absolute atomic E-state index is 13.5. The van der Waals surface area contributed by atoms with E-state index in [1.165, 1.54) is 18.7 Å². The van der Waals surface area contributed by atoms with Crippen LogP contribution in [-0.2, 0) is 0 Å². The molecule has 1 amide bonds. The lowest BCUT2D eigenvalue weighted by atomic mass is 9.97. The number of aromatic amines is 1. The van der Waals surface area contributed by atoms with Crippen molar-refractivity contribution in [1.82, 2.24) is 24.8 Å². The Bertz CT molecular complexity index is 1430. The number of amides is 1. The van der Waals surface area contributed by atoms with E-state index in [1.54, 1.807) is 53.4 Å². The summed E-state index contributed by atoms with van der Waals surface area (Å²) in [6.45, 7) is 1.85. The molecule has 0 bridgehead atoms. The Balaban J connectivity index is 1.56. The van der Waals surface area contributed by atoms with Crippen molar-refractivity contribution in [2.75, 3.05) is 0 Å². The molecule has 4 N–H and O–H groups in total. The fraction of sp³-hybridized carbons (Fsp3) is 0.154. The van der Waals surface area contributed by atoms with Crippen LogP contribution in [0.4, 0.5) is 13.2 Å². The number of aromatic nitrogens is 4. The number of nitrogens with two attached hydrogens (primary N) is 1. The van der Waals surface area contributed by atoms with Crippen molar-refractivity contribution in [1.29, 1.82) is 0 Å². The number of carbonyl (C=O) groups is 1.